The highest BCUT2D eigenvalue weighted by Gasteiger charge is 2.50. The fourth-order valence-electron chi connectivity index (χ4n) is 4.37. The summed E-state index contributed by atoms with van der Waals surface area (Å²) >= 11 is 3.39. The highest BCUT2D eigenvalue weighted by atomic mass is 79.9. The Bertz CT molecular complexity index is 1070. The molecule has 0 unspecified atom stereocenters. The molecule has 0 N–H and O–H groups in total. The SMILES string of the molecule is COc1cc2c(cc1OC)[C@@H]1[C@H](C2=O)c2ccc([N+](=O)[O-])cc2C(=O)N1CCCBr. The highest BCUT2D eigenvalue weighted by molar-refractivity contribution is 9.09. The zero-order valence-electron chi connectivity index (χ0n) is 16.4. The summed E-state index contributed by atoms with van der Waals surface area (Å²) < 4.78 is 10.8. The summed E-state index contributed by atoms with van der Waals surface area (Å²) in [6, 6.07) is 7.05. The van der Waals surface area contributed by atoms with Crippen molar-refractivity contribution in [1.82, 2.24) is 4.90 Å². The molecular weight excluding hydrogens is 456 g/mol. The number of ether oxygens (including phenoxy) is 2. The molecule has 2 atom stereocenters. The van der Waals surface area contributed by atoms with Gasteiger partial charge in [-0.25, -0.2) is 0 Å². The summed E-state index contributed by atoms with van der Waals surface area (Å²) in [5.41, 5.74) is 1.73. The van der Waals surface area contributed by atoms with Crippen molar-refractivity contribution in [1.29, 1.82) is 0 Å². The van der Waals surface area contributed by atoms with Crippen molar-refractivity contribution in [3.05, 3.63) is 62.7 Å². The van der Waals surface area contributed by atoms with Crippen LogP contribution in [-0.2, 0) is 0 Å². The Balaban J connectivity index is 1.93. The van der Waals surface area contributed by atoms with Crippen molar-refractivity contribution in [2.75, 3.05) is 26.1 Å². The first-order valence-corrected chi connectivity index (χ1v) is 10.5. The molecule has 1 amide bonds. The van der Waals surface area contributed by atoms with Crippen molar-refractivity contribution < 1.29 is 24.0 Å². The van der Waals surface area contributed by atoms with E-state index in [4.69, 9.17) is 9.47 Å². The Morgan fingerprint density at radius 1 is 1.07 bits per heavy atom. The van der Waals surface area contributed by atoms with Gasteiger partial charge in [-0.05, 0) is 29.7 Å². The van der Waals surface area contributed by atoms with Gasteiger partial charge in [0.1, 0.15) is 0 Å². The second kappa shape index (κ2) is 7.71. The number of benzene rings is 2. The Hall–Kier alpha value is -2.94. The van der Waals surface area contributed by atoms with E-state index in [1.54, 1.807) is 17.0 Å². The summed E-state index contributed by atoms with van der Waals surface area (Å²) in [4.78, 5) is 39.1. The third-order valence-corrected chi connectivity index (χ3v) is 6.24. The minimum atomic E-state index is -0.624. The molecule has 8 nitrogen and oxygen atoms in total. The molecule has 0 saturated carbocycles. The third kappa shape index (κ3) is 2.96. The number of nitrogens with zero attached hydrogens (tertiary/aromatic N) is 2. The monoisotopic (exact) mass is 474 g/mol. The number of fused-ring (bicyclic) bond motifs is 5. The maximum Gasteiger partial charge on any atom is 0.270 e. The standard InChI is InChI=1S/C21H19BrN2O6/c1-29-16-9-13-14(10-17(16)30-2)20(25)18-12-5-4-11(24(27)28)8-15(12)21(26)23(19(13)18)7-3-6-22/h4-5,8-10,18-19H,3,6-7H2,1-2H3/t18-,19-/m1/s1. The number of carbonyl (C=O) groups is 2. The molecule has 9 heteroatoms. The topological polar surface area (TPSA) is 99.0 Å². The van der Waals surface area contributed by atoms with E-state index < -0.39 is 16.9 Å². The van der Waals surface area contributed by atoms with Gasteiger partial charge < -0.3 is 14.4 Å². The smallest absolute Gasteiger partial charge is 0.270 e. The van der Waals surface area contributed by atoms with Gasteiger partial charge in [0.15, 0.2) is 17.3 Å². The van der Waals surface area contributed by atoms with Gasteiger partial charge in [0.05, 0.1) is 36.7 Å². The maximum absolute atomic E-state index is 13.4. The average molecular weight is 475 g/mol. The van der Waals surface area contributed by atoms with Crippen LogP contribution in [0.4, 0.5) is 5.69 Å². The van der Waals surface area contributed by atoms with E-state index >= 15 is 0 Å². The number of alkyl halides is 1. The molecule has 1 heterocycles. The summed E-state index contributed by atoms with van der Waals surface area (Å²) in [5, 5.41) is 11.9. The van der Waals surface area contributed by atoms with Crippen molar-refractivity contribution >= 4 is 33.3 Å². The molecule has 4 rings (SSSR count). The summed E-state index contributed by atoms with van der Waals surface area (Å²) in [5.74, 6) is -0.160. The van der Waals surface area contributed by atoms with Gasteiger partial charge in [0, 0.05) is 29.6 Å². The van der Waals surface area contributed by atoms with E-state index in [1.807, 2.05) is 0 Å². The number of methoxy groups -OCH3 is 2. The van der Waals surface area contributed by atoms with Crippen molar-refractivity contribution in [2.45, 2.75) is 18.4 Å². The molecule has 0 bridgehead atoms. The zero-order valence-corrected chi connectivity index (χ0v) is 18.0. The Kier molecular flexibility index (Phi) is 5.23. The highest BCUT2D eigenvalue weighted by Crippen LogP contribution is 2.52. The number of hydrogen-bond donors (Lipinski definition) is 0. The normalized spacial score (nSPS) is 19.2. The van der Waals surface area contributed by atoms with Gasteiger partial charge >= 0.3 is 0 Å². The van der Waals surface area contributed by atoms with Crippen LogP contribution in [0.2, 0.25) is 0 Å². The summed E-state index contributed by atoms with van der Waals surface area (Å²) in [6.45, 7) is 0.411. The molecule has 0 aromatic heterocycles. The van der Waals surface area contributed by atoms with E-state index in [0.29, 0.717) is 46.5 Å². The molecule has 0 radical (unpaired) electrons. The Morgan fingerprint density at radius 3 is 2.40 bits per heavy atom. The number of ketones is 1. The lowest BCUT2D eigenvalue weighted by Gasteiger charge is -2.38. The summed E-state index contributed by atoms with van der Waals surface area (Å²) in [6.07, 6.45) is 0.677. The number of hydrogen-bond acceptors (Lipinski definition) is 6. The second-order valence-corrected chi connectivity index (χ2v) is 7.94. The van der Waals surface area contributed by atoms with E-state index in [-0.39, 0.29) is 22.9 Å². The average Bonchev–Trinajstić information content (AvgIpc) is 3.04. The number of carbonyl (C=O) groups excluding carboxylic acids is 2. The fourth-order valence-corrected chi connectivity index (χ4v) is 4.62. The molecule has 2 aromatic carbocycles. The number of amides is 1. The van der Waals surface area contributed by atoms with Gasteiger partial charge in [-0.1, -0.05) is 22.0 Å². The number of non-ortho nitro benzene ring substituents is 1. The van der Waals surface area contributed by atoms with Crippen molar-refractivity contribution in [3.8, 4) is 11.5 Å². The predicted octanol–water partition coefficient (Wildman–Crippen LogP) is 3.87. The van der Waals surface area contributed by atoms with Gasteiger partial charge in [-0.3, -0.25) is 19.7 Å². The summed E-state index contributed by atoms with van der Waals surface area (Å²) in [7, 11) is 3.01. The van der Waals surface area contributed by atoms with Gasteiger partial charge in [0.25, 0.3) is 11.6 Å². The van der Waals surface area contributed by atoms with Crippen LogP contribution in [0.15, 0.2) is 30.3 Å². The number of nitro groups is 1. The third-order valence-electron chi connectivity index (χ3n) is 5.68. The van der Waals surface area contributed by atoms with Crippen LogP contribution in [0, 0.1) is 10.1 Å². The lowest BCUT2D eigenvalue weighted by Crippen LogP contribution is -2.42. The number of rotatable bonds is 6. The van der Waals surface area contributed by atoms with Crippen LogP contribution in [0.25, 0.3) is 0 Å². The number of halogens is 1. The van der Waals surface area contributed by atoms with Crippen LogP contribution in [0.3, 0.4) is 0 Å². The molecule has 1 aliphatic carbocycles. The van der Waals surface area contributed by atoms with E-state index in [1.165, 1.54) is 32.4 Å². The van der Waals surface area contributed by atoms with Crippen LogP contribution >= 0.6 is 15.9 Å². The van der Waals surface area contributed by atoms with Crippen molar-refractivity contribution in [3.63, 3.8) is 0 Å². The molecule has 2 aliphatic rings. The van der Waals surface area contributed by atoms with E-state index in [2.05, 4.69) is 15.9 Å². The molecular formula is C21H19BrN2O6. The largest absolute Gasteiger partial charge is 0.493 e. The zero-order chi connectivity index (χ0) is 21.6. The lowest BCUT2D eigenvalue weighted by atomic mass is 9.82. The molecule has 0 spiro atoms. The van der Waals surface area contributed by atoms with Crippen LogP contribution in [0.1, 0.15) is 50.2 Å². The molecule has 2 aromatic rings. The second-order valence-electron chi connectivity index (χ2n) is 7.15. The number of Topliss-reactive ketones (excluding diaryl/α,β-unsaturated/α-hetero) is 1. The first-order valence-electron chi connectivity index (χ1n) is 9.38. The van der Waals surface area contributed by atoms with Crippen LogP contribution in [-0.4, -0.2) is 47.6 Å². The number of nitro benzene ring substituents is 1. The van der Waals surface area contributed by atoms with E-state index in [0.717, 1.165) is 0 Å². The molecule has 1 aliphatic heterocycles. The maximum atomic E-state index is 13.4. The van der Waals surface area contributed by atoms with Gasteiger partial charge in [-0.2, -0.15) is 0 Å². The van der Waals surface area contributed by atoms with Crippen LogP contribution in [0.5, 0.6) is 11.5 Å². The molecule has 0 saturated heterocycles. The molecule has 156 valence electrons. The van der Waals surface area contributed by atoms with Crippen LogP contribution < -0.4 is 9.47 Å². The minimum absolute atomic E-state index is 0.137. The first kappa shape index (κ1) is 20.3. The quantitative estimate of drug-likeness (QED) is 0.357. The Labute approximate surface area is 181 Å². The van der Waals surface area contributed by atoms with Crippen molar-refractivity contribution in [2.24, 2.45) is 0 Å². The minimum Gasteiger partial charge on any atom is -0.493 e. The Morgan fingerprint density at radius 2 is 1.77 bits per heavy atom. The first-order chi connectivity index (χ1) is 14.4. The fraction of sp³-hybridized carbons (Fsp3) is 0.333. The van der Waals surface area contributed by atoms with Gasteiger partial charge in [-0.15, -0.1) is 0 Å². The molecule has 30 heavy (non-hydrogen) atoms. The molecule has 0 fully saturated rings. The predicted molar refractivity (Wildman–Crippen MR) is 112 cm³/mol. The van der Waals surface area contributed by atoms with Gasteiger partial charge in [0.2, 0.25) is 0 Å². The van der Waals surface area contributed by atoms with E-state index in [9.17, 15) is 19.7 Å². The lowest BCUT2D eigenvalue weighted by molar-refractivity contribution is -0.384.